The second-order valence-electron chi connectivity index (χ2n) is 4.82. The Kier molecular flexibility index (Phi) is 3.66. The molecule has 21 heavy (non-hydrogen) atoms. The van der Waals surface area contributed by atoms with Gasteiger partial charge >= 0.3 is 0 Å². The predicted octanol–water partition coefficient (Wildman–Crippen LogP) is 2.40. The van der Waals surface area contributed by atoms with Gasteiger partial charge in [0.05, 0.1) is 17.4 Å². The second-order valence-corrected chi connectivity index (χ2v) is 4.82. The van der Waals surface area contributed by atoms with Gasteiger partial charge in [0.15, 0.2) is 0 Å². The van der Waals surface area contributed by atoms with E-state index in [1.807, 2.05) is 22.8 Å². The Balaban J connectivity index is 1.86. The molecule has 0 saturated heterocycles. The first kappa shape index (κ1) is 13.3. The fourth-order valence-corrected chi connectivity index (χ4v) is 2.33. The van der Waals surface area contributed by atoms with E-state index >= 15 is 0 Å². The Morgan fingerprint density at radius 3 is 2.76 bits per heavy atom. The van der Waals surface area contributed by atoms with Crippen molar-refractivity contribution in [2.45, 2.75) is 13.0 Å². The van der Waals surface area contributed by atoms with Crippen molar-refractivity contribution in [3.63, 3.8) is 0 Å². The first-order chi connectivity index (χ1) is 10.3. The second kappa shape index (κ2) is 5.76. The van der Waals surface area contributed by atoms with Gasteiger partial charge in [-0.25, -0.2) is 10.5 Å². The van der Waals surface area contributed by atoms with Crippen LogP contribution in [0.15, 0.2) is 54.9 Å². The van der Waals surface area contributed by atoms with Crippen LogP contribution in [0.2, 0.25) is 0 Å². The molecule has 1 heterocycles. The number of hydroxylamine groups is 1. The average Bonchev–Trinajstić information content (AvgIpc) is 2.95. The van der Waals surface area contributed by atoms with Gasteiger partial charge in [-0.1, -0.05) is 30.3 Å². The van der Waals surface area contributed by atoms with Gasteiger partial charge in [-0.2, -0.15) is 0 Å². The van der Waals surface area contributed by atoms with Gasteiger partial charge in [0.25, 0.3) is 5.91 Å². The zero-order valence-corrected chi connectivity index (χ0v) is 11.4. The van der Waals surface area contributed by atoms with Crippen LogP contribution in [-0.2, 0) is 13.0 Å². The SMILES string of the molecule is O=C(NO)c1ccc2ncn(CCc3ccccc3)c2c1. The average molecular weight is 281 g/mol. The van der Waals surface area contributed by atoms with Gasteiger partial charge in [0.1, 0.15) is 0 Å². The summed E-state index contributed by atoms with van der Waals surface area (Å²) in [6.07, 6.45) is 2.66. The molecule has 2 aromatic carbocycles. The van der Waals surface area contributed by atoms with Crippen LogP contribution in [0.1, 0.15) is 15.9 Å². The van der Waals surface area contributed by atoms with Crippen LogP contribution in [-0.4, -0.2) is 20.7 Å². The number of nitrogens with one attached hydrogen (secondary N) is 1. The van der Waals surface area contributed by atoms with Crippen molar-refractivity contribution >= 4 is 16.9 Å². The highest BCUT2D eigenvalue weighted by Gasteiger charge is 2.08. The molecule has 2 N–H and O–H groups in total. The molecule has 1 aromatic heterocycles. The van der Waals surface area contributed by atoms with Gasteiger partial charge in [0, 0.05) is 12.1 Å². The van der Waals surface area contributed by atoms with Crippen molar-refractivity contribution in [1.29, 1.82) is 0 Å². The molecule has 0 aliphatic heterocycles. The van der Waals surface area contributed by atoms with E-state index < -0.39 is 5.91 Å². The van der Waals surface area contributed by atoms with E-state index in [0.29, 0.717) is 5.56 Å². The normalized spacial score (nSPS) is 10.7. The number of imidazole rings is 1. The largest absolute Gasteiger partial charge is 0.330 e. The molecule has 0 atom stereocenters. The molecule has 5 heteroatoms. The Labute approximate surface area is 121 Å². The molecule has 106 valence electrons. The molecule has 1 amide bonds. The molecule has 0 aliphatic rings. The van der Waals surface area contributed by atoms with Crippen LogP contribution in [0.4, 0.5) is 0 Å². The predicted molar refractivity (Wildman–Crippen MR) is 79.1 cm³/mol. The maximum absolute atomic E-state index is 11.5. The molecule has 0 unspecified atom stereocenters. The zero-order valence-electron chi connectivity index (χ0n) is 11.4. The third-order valence-electron chi connectivity index (χ3n) is 3.47. The van der Waals surface area contributed by atoms with Crippen molar-refractivity contribution in [2.75, 3.05) is 0 Å². The monoisotopic (exact) mass is 281 g/mol. The van der Waals surface area contributed by atoms with E-state index in [9.17, 15) is 4.79 Å². The van der Waals surface area contributed by atoms with E-state index in [2.05, 4.69) is 17.1 Å². The van der Waals surface area contributed by atoms with Crippen molar-refractivity contribution in [2.24, 2.45) is 0 Å². The van der Waals surface area contributed by atoms with Crippen LogP contribution in [0.5, 0.6) is 0 Å². The van der Waals surface area contributed by atoms with Crippen LogP contribution in [0.3, 0.4) is 0 Å². The summed E-state index contributed by atoms with van der Waals surface area (Å²) in [7, 11) is 0. The molecule has 3 aromatic rings. The molecule has 3 rings (SSSR count). The Bertz CT molecular complexity index is 766. The summed E-state index contributed by atoms with van der Waals surface area (Å²) in [5.74, 6) is -0.521. The molecule has 0 saturated carbocycles. The quantitative estimate of drug-likeness (QED) is 0.570. The lowest BCUT2D eigenvalue weighted by Gasteiger charge is -2.05. The number of fused-ring (bicyclic) bond motifs is 1. The first-order valence-electron chi connectivity index (χ1n) is 6.71. The standard InChI is InChI=1S/C16H15N3O2/c20-16(18-21)13-6-7-14-15(10-13)19(11-17-14)9-8-12-4-2-1-3-5-12/h1-7,10-11,21H,8-9H2,(H,18,20). The summed E-state index contributed by atoms with van der Waals surface area (Å²) < 4.78 is 2.01. The van der Waals surface area contributed by atoms with E-state index in [4.69, 9.17) is 5.21 Å². The fraction of sp³-hybridized carbons (Fsp3) is 0.125. The number of carbonyl (C=O) groups is 1. The van der Waals surface area contributed by atoms with Crippen LogP contribution in [0.25, 0.3) is 11.0 Å². The highest BCUT2D eigenvalue weighted by Crippen LogP contribution is 2.16. The van der Waals surface area contributed by atoms with Crippen LogP contribution >= 0.6 is 0 Å². The number of aryl methyl sites for hydroxylation is 2. The van der Waals surface area contributed by atoms with Crippen LogP contribution in [0, 0.1) is 0 Å². The van der Waals surface area contributed by atoms with Crippen molar-refractivity contribution in [3.8, 4) is 0 Å². The minimum absolute atomic E-state index is 0.409. The van der Waals surface area contributed by atoms with Crippen molar-refractivity contribution in [1.82, 2.24) is 15.0 Å². The Hall–Kier alpha value is -2.66. The number of aromatic nitrogens is 2. The first-order valence-corrected chi connectivity index (χ1v) is 6.71. The minimum atomic E-state index is -0.521. The summed E-state index contributed by atoms with van der Waals surface area (Å²) in [4.78, 5) is 15.8. The number of carbonyl (C=O) groups excluding carboxylic acids is 1. The maximum atomic E-state index is 11.5. The molecule has 0 aliphatic carbocycles. The zero-order chi connectivity index (χ0) is 14.7. The lowest BCUT2D eigenvalue weighted by molar-refractivity contribution is 0.0706. The van der Waals surface area contributed by atoms with Gasteiger partial charge in [0.2, 0.25) is 0 Å². The number of nitrogens with zero attached hydrogens (tertiary/aromatic N) is 2. The van der Waals surface area contributed by atoms with E-state index in [1.165, 1.54) is 5.56 Å². The topological polar surface area (TPSA) is 67.2 Å². The van der Waals surface area contributed by atoms with Gasteiger partial charge in [-0.15, -0.1) is 0 Å². The fourth-order valence-electron chi connectivity index (χ4n) is 2.33. The Morgan fingerprint density at radius 2 is 2.00 bits per heavy atom. The molecule has 0 spiro atoms. The molecule has 5 nitrogen and oxygen atoms in total. The number of benzene rings is 2. The molecular formula is C16H15N3O2. The molecule has 0 radical (unpaired) electrons. The third-order valence-corrected chi connectivity index (χ3v) is 3.47. The number of rotatable bonds is 4. The maximum Gasteiger partial charge on any atom is 0.274 e. The number of hydrogen-bond donors (Lipinski definition) is 2. The highest BCUT2D eigenvalue weighted by molar-refractivity contribution is 5.96. The summed E-state index contributed by atoms with van der Waals surface area (Å²) in [5.41, 5.74) is 5.02. The van der Waals surface area contributed by atoms with Gasteiger partial charge in [-0.05, 0) is 30.2 Å². The van der Waals surface area contributed by atoms with Crippen molar-refractivity contribution < 1.29 is 10.0 Å². The van der Waals surface area contributed by atoms with E-state index in [1.54, 1.807) is 30.0 Å². The lowest BCUT2D eigenvalue weighted by Crippen LogP contribution is -2.18. The Morgan fingerprint density at radius 1 is 1.19 bits per heavy atom. The smallest absolute Gasteiger partial charge is 0.274 e. The minimum Gasteiger partial charge on any atom is -0.330 e. The molecular weight excluding hydrogens is 266 g/mol. The highest BCUT2D eigenvalue weighted by atomic mass is 16.5. The summed E-state index contributed by atoms with van der Waals surface area (Å²) in [6.45, 7) is 0.782. The van der Waals surface area contributed by atoms with E-state index in [-0.39, 0.29) is 0 Å². The van der Waals surface area contributed by atoms with Crippen molar-refractivity contribution in [3.05, 3.63) is 66.0 Å². The van der Waals surface area contributed by atoms with Gasteiger partial charge < -0.3 is 4.57 Å². The summed E-state index contributed by atoms with van der Waals surface area (Å²) >= 11 is 0. The molecule has 0 fully saturated rings. The summed E-state index contributed by atoms with van der Waals surface area (Å²) in [5, 5.41) is 8.71. The number of amides is 1. The summed E-state index contributed by atoms with van der Waals surface area (Å²) in [6, 6.07) is 15.4. The number of hydrogen-bond acceptors (Lipinski definition) is 3. The molecule has 0 bridgehead atoms. The third kappa shape index (κ3) is 2.78. The van der Waals surface area contributed by atoms with Gasteiger partial charge in [-0.3, -0.25) is 10.0 Å². The lowest BCUT2D eigenvalue weighted by atomic mass is 10.1. The van der Waals surface area contributed by atoms with E-state index in [0.717, 1.165) is 24.0 Å². The van der Waals surface area contributed by atoms with Crippen LogP contribution < -0.4 is 5.48 Å².